The van der Waals surface area contributed by atoms with Crippen molar-refractivity contribution in [1.82, 2.24) is 14.5 Å². The zero-order valence-corrected chi connectivity index (χ0v) is 14.5. The standard InChI is InChI=1S/C19H17FN4O3/c1-10-13-4-5-24(19(13)23-9-22-10)14-7-16(18(26)17(14)25)27-15-3-2-12(20)6-11(15)8-21/h2-6,9,14,16-18,25-26H,7H2,1H3/t14?,16?,17-,18+/m0/s1. The van der Waals surface area contributed by atoms with Crippen LogP contribution in [0, 0.1) is 24.1 Å². The molecular weight excluding hydrogens is 351 g/mol. The molecule has 138 valence electrons. The summed E-state index contributed by atoms with van der Waals surface area (Å²) < 4.78 is 20.9. The summed E-state index contributed by atoms with van der Waals surface area (Å²) in [6.07, 6.45) is 0.574. The van der Waals surface area contributed by atoms with Crippen molar-refractivity contribution < 1.29 is 19.3 Å². The molecule has 1 aliphatic rings. The number of aliphatic hydroxyl groups excluding tert-OH is 2. The second-order valence-corrected chi connectivity index (χ2v) is 6.61. The van der Waals surface area contributed by atoms with E-state index in [1.807, 2.05) is 19.1 Å². The molecule has 0 aliphatic heterocycles. The molecule has 1 fully saturated rings. The molecular formula is C19H17FN4O3. The van der Waals surface area contributed by atoms with Gasteiger partial charge in [0.05, 0.1) is 17.3 Å². The molecule has 4 atom stereocenters. The molecule has 2 aromatic heterocycles. The molecule has 2 N–H and O–H groups in total. The molecule has 1 aromatic carbocycles. The van der Waals surface area contributed by atoms with Gasteiger partial charge in [-0.2, -0.15) is 5.26 Å². The van der Waals surface area contributed by atoms with Gasteiger partial charge in [0.15, 0.2) is 0 Å². The van der Waals surface area contributed by atoms with E-state index < -0.39 is 30.2 Å². The summed E-state index contributed by atoms with van der Waals surface area (Å²) in [6, 6.07) is 6.89. The van der Waals surface area contributed by atoms with E-state index in [1.165, 1.54) is 18.5 Å². The number of aliphatic hydroxyl groups is 2. The van der Waals surface area contributed by atoms with E-state index in [2.05, 4.69) is 9.97 Å². The lowest BCUT2D eigenvalue weighted by molar-refractivity contribution is -0.0164. The molecule has 7 nitrogen and oxygen atoms in total. The Morgan fingerprint density at radius 1 is 1.26 bits per heavy atom. The molecule has 0 amide bonds. The third kappa shape index (κ3) is 2.91. The Morgan fingerprint density at radius 3 is 2.85 bits per heavy atom. The number of fused-ring (bicyclic) bond motifs is 1. The van der Waals surface area contributed by atoms with Crippen LogP contribution < -0.4 is 4.74 Å². The van der Waals surface area contributed by atoms with Crippen LogP contribution in [-0.4, -0.2) is 43.1 Å². The highest BCUT2D eigenvalue weighted by Gasteiger charge is 2.44. The first-order chi connectivity index (χ1) is 13.0. The molecule has 3 aromatic rings. The fourth-order valence-electron chi connectivity index (χ4n) is 3.58. The highest BCUT2D eigenvalue weighted by Crippen LogP contribution is 2.36. The smallest absolute Gasteiger partial charge is 0.143 e. The van der Waals surface area contributed by atoms with Crippen LogP contribution in [0.3, 0.4) is 0 Å². The Hall–Kier alpha value is -3.02. The van der Waals surface area contributed by atoms with Crippen LogP contribution in [0.4, 0.5) is 4.39 Å². The van der Waals surface area contributed by atoms with Gasteiger partial charge in [-0.05, 0) is 31.2 Å². The summed E-state index contributed by atoms with van der Waals surface area (Å²) in [5.74, 6) is -0.371. The lowest BCUT2D eigenvalue weighted by Crippen LogP contribution is -2.34. The van der Waals surface area contributed by atoms with Crippen LogP contribution in [0.2, 0.25) is 0 Å². The van der Waals surface area contributed by atoms with Gasteiger partial charge in [0.2, 0.25) is 0 Å². The quantitative estimate of drug-likeness (QED) is 0.731. The zero-order valence-electron chi connectivity index (χ0n) is 14.5. The van der Waals surface area contributed by atoms with E-state index in [0.29, 0.717) is 12.1 Å². The van der Waals surface area contributed by atoms with E-state index in [1.54, 1.807) is 10.8 Å². The van der Waals surface area contributed by atoms with Crippen molar-refractivity contribution in [1.29, 1.82) is 5.26 Å². The van der Waals surface area contributed by atoms with Crippen molar-refractivity contribution in [3.63, 3.8) is 0 Å². The van der Waals surface area contributed by atoms with Gasteiger partial charge in [0.1, 0.15) is 47.9 Å². The zero-order chi connectivity index (χ0) is 19.1. The summed E-state index contributed by atoms with van der Waals surface area (Å²) in [4.78, 5) is 8.44. The highest BCUT2D eigenvalue weighted by atomic mass is 19.1. The Morgan fingerprint density at radius 2 is 2.07 bits per heavy atom. The number of aromatic nitrogens is 3. The first-order valence-corrected chi connectivity index (χ1v) is 8.50. The summed E-state index contributed by atoms with van der Waals surface area (Å²) in [6.45, 7) is 1.87. The number of hydrogen-bond acceptors (Lipinski definition) is 6. The third-order valence-corrected chi connectivity index (χ3v) is 5.01. The largest absolute Gasteiger partial charge is 0.486 e. The number of aryl methyl sites for hydroxylation is 1. The lowest BCUT2D eigenvalue weighted by Gasteiger charge is -2.19. The van der Waals surface area contributed by atoms with E-state index in [9.17, 15) is 14.6 Å². The molecule has 2 heterocycles. The Kier molecular flexibility index (Phi) is 4.26. The monoisotopic (exact) mass is 368 g/mol. The number of nitrogens with zero attached hydrogens (tertiary/aromatic N) is 4. The topological polar surface area (TPSA) is 104 Å². The van der Waals surface area contributed by atoms with Crippen molar-refractivity contribution in [3.8, 4) is 11.8 Å². The average Bonchev–Trinajstić information content (AvgIpc) is 3.20. The second-order valence-electron chi connectivity index (χ2n) is 6.61. The van der Waals surface area contributed by atoms with Gasteiger partial charge < -0.3 is 19.5 Å². The van der Waals surface area contributed by atoms with Crippen LogP contribution in [0.1, 0.15) is 23.7 Å². The van der Waals surface area contributed by atoms with Crippen molar-refractivity contribution in [2.24, 2.45) is 0 Å². The predicted octanol–water partition coefficient (Wildman–Crippen LogP) is 1.86. The van der Waals surface area contributed by atoms with Crippen LogP contribution in [0.15, 0.2) is 36.8 Å². The first-order valence-electron chi connectivity index (χ1n) is 8.50. The van der Waals surface area contributed by atoms with Gasteiger partial charge in [-0.3, -0.25) is 0 Å². The van der Waals surface area contributed by atoms with E-state index in [0.717, 1.165) is 17.1 Å². The van der Waals surface area contributed by atoms with Gasteiger partial charge in [-0.25, -0.2) is 14.4 Å². The third-order valence-electron chi connectivity index (χ3n) is 5.01. The maximum atomic E-state index is 13.3. The van der Waals surface area contributed by atoms with Crippen LogP contribution in [-0.2, 0) is 0 Å². The number of halogens is 1. The molecule has 27 heavy (non-hydrogen) atoms. The number of hydrogen-bond donors (Lipinski definition) is 2. The summed E-state index contributed by atoms with van der Waals surface area (Å²) in [7, 11) is 0. The van der Waals surface area contributed by atoms with Crippen molar-refractivity contribution in [2.45, 2.75) is 37.7 Å². The Balaban J connectivity index is 1.63. The molecule has 0 spiro atoms. The van der Waals surface area contributed by atoms with E-state index in [-0.39, 0.29) is 11.3 Å². The van der Waals surface area contributed by atoms with Gasteiger partial charge in [-0.15, -0.1) is 0 Å². The molecule has 4 rings (SSSR count). The second kappa shape index (κ2) is 6.61. The lowest BCUT2D eigenvalue weighted by atomic mass is 10.2. The predicted molar refractivity (Wildman–Crippen MR) is 93.5 cm³/mol. The van der Waals surface area contributed by atoms with Crippen molar-refractivity contribution >= 4 is 11.0 Å². The normalized spacial score (nSPS) is 24.9. The molecule has 1 saturated carbocycles. The van der Waals surface area contributed by atoms with Gasteiger partial charge in [-0.1, -0.05) is 0 Å². The fraction of sp³-hybridized carbons (Fsp3) is 0.316. The Bertz CT molecular complexity index is 1050. The van der Waals surface area contributed by atoms with Crippen LogP contribution in [0.5, 0.6) is 5.75 Å². The summed E-state index contributed by atoms with van der Waals surface area (Å²) >= 11 is 0. The average molecular weight is 368 g/mol. The summed E-state index contributed by atoms with van der Waals surface area (Å²) in [5, 5.41) is 31.0. The van der Waals surface area contributed by atoms with Gasteiger partial charge in [0.25, 0.3) is 0 Å². The molecule has 2 unspecified atom stereocenters. The molecule has 0 bridgehead atoms. The maximum absolute atomic E-state index is 13.3. The fourth-order valence-corrected chi connectivity index (χ4v) is 3.58. The number of benzene rings is 1. The highest BCUT2D eigenvalue weighted by molar-refractivity contribution is 5.78. The number of nitriles is 1. The van der Waals surface area contributed by atoms with Gasteiger partial charge in [0, 0.05) is 18.0 Å². The van der Waals surface area contributed by atoms with Gasteiger partial charge >= 0.3 is 0 Å². The van der Waals surface area contributed by atoms with Crippen molar-refractivity contribution in [3.05, 3.63) is 53.9 Å². The minimum Gasteiger partial charge on any atom is -0.486 e. The SMILES string of the molecule is Cc1ncnc2c1ccn2C1CC(Oc2ccc(F)cc2C#N)[C@@H](O)[C@H]1O. The minimum absolute atomic E-state index is 0.0370. The molecule has 0 radical (unpaired) electrons. The Labute approximate surface area is 154 Å². The molecule has 0 saturated heterocycles. The van der Waals surface area contributed by atoms with E-state index in [4.69, 9.17) is 10.00 Å². The first kappa shape index (κ1) is 17.4. The number of ether oxygens (including phenoxy) is 1. The van der Waals surface area contributed by atoms with Crippen LogP contribution in [0.25, 0.3) is 11.0 Å². The van der Waals surface area contributed by atoms with E-state index >= 15 is 0 Å². The van der Waals surface area contributed by atoms with Crippen molar-refractivity contribution in [2.75, 3.05) is 0 Å². The summed E-state index contributed by atoms with van der Waals surface area (Å²) in [5.41, 5.74) is 1.53. The number of rotatable bonds is 3. The van der Waals surface area contributed by atoms with Crippen LogP contribution >= 0.6 is 0 Å². The molecule has 1 aliphatic carbocycles. The maximum Gasteiger partial charge on any atom is 0.143 e. The molecule has 8 heteroatoms. The minimum atomic E-state index is -1.16.